The lowest BCUT2D eigenvalue weighted by Crippen LogP contribution is -2.34. The minimum absolute atomic E-state index is 0.557. The molecule has 0 saturated carbocycles. The van der Waals surface area contributed by atoms with Gasteiger partial charge in [0.05, 0.1) is 0 Å². The van der Waals surface area contributed by atoms with Crippen molar-refractivity contribution in [2.45, 2.75) is 39.7 Å². The van der Waals surface area contributed by atoms with E-state index in [4.69, 9.17) is 5.11 Å². The number of carbonyl (C=O) groups is 1. The van der Waals surface area contributed by atoms with Crippen molar-refractivity contribution in [2.75, 3.05) is 11.4 Å². The highest BCUT2D eigenvalue weighted by Crippen LogP contribution is 2.30. The fourth-order valence-electron chi connectivity index (χ4n) is 2.90. The van der Waals surface area contributed by atoms with Crippen LogP contribution < -0.4 is 4.90 Å². The second-order valence-corrected chi connectivity index (χ2v) is 5.73. The van der Waals surface area contributed by atoms with Gasteiger partial charge in [-0.05, 0) is 49.0 Å². The van der Waals surface area contributed by atoms with Crippen molar-refractivity contribution in [3.8, 4) is 0 Å². The summed E-state index contributed by atoms with van der Waals surface area (Å²) in [6.45, 7) is 7.60. The summed E-state index contributed by atoms with van der Waals surface area (Å²) in [6, 6.07) is 2.55. The standard InChI is InChI=1S/C16H22N2O2/c1-11(2)14-5-4-8-18(14)16-12(3)9-13(10-17-16)6-7-15(19)20/h6-7,9-11,14H,4-5,8H2,1-3H3,(H,19,20)/b7-6+. The lowest BCUT2D eigenvalue weighted by molar-refractivity contribution is -0.131. The predicted octanol–water partition coefficient (Wildman–Crippen LogP) is 3.11. The van der Waals surface area contributed by atoms with Gasteiger partial charge < -0.3 is 10.0 Å². The minimum atomic E-state index is -0.939. The molecule has 0 aromatic carbocycles. The molecule has 1 N–H and O–H groups in total. The van der Waals surface area contributed by atoms with Crippen LogP contribution in [0.3, 0.4) is 0 Å². The summed E-state index contributed by atoms with van der Waals surface area (Å²) in [5, 5.41) is 8.65. The van der Waals surface area contributed by atoms with Gasteiger partial charge in [0.1, 0.15) is 5.82 Å². The van der Waals surface area contributed by atoms with Crippen molar-refractivity contribution in [3.05, 3.63) is 29.5 Å². The molecule has 1 atom stereocenters. The van der Waals surface area contributed by atoms with Crippen LogP contribution in [0, 0.1) is 12.8 Å². The fraction of sp³-hybridized carbons (Fsp3) is 0.500. The molecule has 0 amide bonds. The Kier molecular flexibility index (Phi) is 4.42. The first-order valence-electron chi connectivity index (χ1n) is 7.13. The maximum Gasteiger partial charge on any atom is 0.328 e. The van der Waals surface area contributed by atoms with Crippen LogP contribution >= 0.6 is 0 Å². The molecule has 1 aliphatic rings. The zero-order valence-electron chi connectivity index (χ0n) is 12.3. The van der Waals surface area contributed by atoms with Crippen LogP contribution in [-0.4, -0.2) is 28.6 Å². The van der Waals surface area contributed by atoms with Gasteiger partial charge in [-0.15, -0.1) is 0 Å². The number of nitrogens with zero attached hydrogens (tertiary/aromatic N) is 2. The van der Waals surface area contributed by atoms with E-state index in [9.17, 15) is 4.79 Å². The van der Waals surface area contributed by atoms with Crippen molar-refractivity contribution in [1.82, 2.24) is 4.98 Å². The molecule has 1 aromatic rings. The van der Waals surface area contributed by atoms with Crippen LogP contribution in [0.15, 0.2) is 18.3 Å². The van der Waals surface area contributed by atoms with Gasteiger partial charge >= 0.3 is 5.97 Å². The average molecular weight is 274 g/mol. The van der Waals surface area contributed by atoms with Crippen LogP contribution in [0.1, 0.15) is 37.8 Å². The number of pyridine rings is 1. The Morgan fingerprint density at radius 1 is 1.55 bits per heavy atom. The second kappa shape index (κ2) is 6.07. The van der Waals surface area contributed by atoms with E-state index in [-0.39, 0.29) is 0 Å². The Labute approximate surface area is 120 Å². The summed E-state index contributed by atoms with van der Waals surface area (Å²) in [7, 11) is 0. The highest BCUT2D eigenvalue weighted by atomic mass is 16.4. The summed E-state index contributed by atoms with van der Waals surface area (Å²) >= 11 is 0. The molecule has 108 valence electrons. The van der Waals surface area contributed by atoms with Crippen molar-refractivity contribution in [3.63, 3.8) is 0 Å². The Morgan fingerprint density at radius 2 is 2.30 bits per heavy atom. The molecule has 1 fully saturated rings. The Balaban J connectivity index is 2.23. The quantitative estimate of drug-likeness (QED) is 0.857. The van der Waals surface area contributed by atoms with Crippen molar-refractivity contribution in [1.29, 1.82) is 0 Å². The summed E-state index contributed by atoms with van der Waals surface area (Å²) in [5.41, 5.74) is 1.93. The molecule has 1 aromatic heterocycles. The number of rotatable bonds is 4. The lowest BCUT2D eigenvalue weighted by atomic mass is 10.0. The van der Waals surface area contributed by atoms with E-state index < -0.39 is 5.97 Å². The van der Waals surface area contributed by atoms with Gasteiger partial charge in [-0.1, -0.05) is 13.8 Å². The number of anilines is 1. The third-order valence-electron chi connectivity index (χ3n) is 3.83. The van der Waals surface area contributed by atoms with E-state index in [0.29, 0.717) is 12.0 Å². The summed E-state index contributed by atoms with van der Waals surface area (Å²) < 4.78 is 0. The van der Waals surface area contributed by atoms with Crippen LogP contribution in [0.25, 0.3) is 6.08 Å². The highest BCUT2D eigenvalue weighted by molar-refractivity contribution is 5.85. The predicted molar refractivity (Wildman–Crippen MR) is 80.8 cm³/mol. The van der Waals surface area contributed by atoms with E-state index in [0.717, 1.165) is 29.6 Å². The van der Waals surface area contributed by atoms with E-state index in [1.165, 1.54) is 12.8 Å². The molecule has 1 saturated heterocycles. The zero-order chi connectivity index (χ0) is 14.7. The van der Waals surface area contributed by atoms with Gasteiger partial charge in [0.15, 0.2) is 0 Å². The van der Waals surface area contributed by atoms with Crippen molar-refractivity contribution in [2.24, 2.45) is 5.92 Å². The third kappa shape index (κ3) is 3.18. The van der Waals surface area contributed by atoms with E-state index in [1.54, 1.807) is 12.3 Å². The Morgan fingerprint density at radius 3 is 2.90 bits per heavy atom. The van der Waals surface area contributed by atoms with E-state index in [2.05, 4.69) is 23.7 Å². The number of aromatic nitrogens is 1. The number of carboxylic acid groups (broad SMARTS) is 1. The first-order chi connectivity index (χ1) is 9.49. The molecule has 4 heteroatoms. The lowest BCUT2D eigenvalue weighted by Gasteiger charge is -2.29. The molecule has 1 unspecified atom stereocenters. The van der Waals surface area contributed by atoms with E-state index in [1.807, 2.05) is 13.0 Å². The van der Waals surface area contributed by atoms with Gasteiger partial charge in [0, 0.05) is 24.9 Å². The van der Waals surface area contributed by atoms with Crippen LogP contribution in [0.2, 0.25) is 0 Å². The van der Waals surface area contributed by atoms with Crippen molar-refractivity contribution < 1.29 is 9.90 Å². The highest BCUT2D eigenvalue weighted by Gasteiger charge is 2.28. The molecular weight excluding hydrogens is 252 g/mol. The first-order valence-corrected chi connectivity index (χ1v) is 7.13. The number of aryl methyl sites for hydroxylation is 1. The van der Waals surface area contributed by atoms with Crippen LogP contribution in [0.5, 0.6) is 0 Å². The smallest absolute Gasteiger partial charge is 0.328 e. The van der Waals surface area contributed by atoms with Crippen LogP contribution in [0.4, 0.5) is 5.82 Å². The van der Waals surface area contributed by atoms with Crippen molar-refractivity contribution >= 4 is 17.9 Å². The Bertz CT molecular complexity index is 523. The molecule has 0 bridgehead atoms. The normalized spacial score (nSPS) is 19.2. The second-order valence-electron chi connectivity index (χ2n) is 5.73. The zero-order valence-corrected chi connectivity index (χ0v) is 12.3. The largest absolute Gasteiger partial charge is 0.478 e. The molecule has 0 aliphatic carbocycles. The third-order valence-corrected chi connectivity index (χ3v) is 3.83. The monoisotopic (exact) mass is 274 g/mol. The molecule has 1 aliphatic heterocycles. The SMILES string of the molecule is Cc1cc(/C=C/C(=O)O)cnc1N1CCCC1C(C)C. The molecule has 0 spiro atoms. The number of carboxylic acids is 1. The topological polar surface area (TPSA) is 53.4 Å². The minimum Gasteiger partial charge on any atom is -0.478 e. The van der Waals surface area contributed by atoms with Gasteiger partial charge in [0.2, 0.25) is 0 Å². The summed E-state index contributed by atoms with van der Waals surface area (Å²) in [5.74, 6) is 0.713. The molecule has 4 nitrogen and oxygen atoms in total. The first kappa shape index (κ1) is 14.6. The Hall–Kier alpha value is -1.84. The molecule has 2 rings (SSSR count). The molecular formula is C16H22N2O2. The number of hydrogen-bond donors (Lipinski definition) is 1. The fourth-order valence-corrected chi connectivity index (χ4v) is 2.90. The van der Waals surface area contributed by atoms with E-state index >= 15 is 0 Å². The maximum absolute atomic E-state index is 10.5. The number of aliphatic carboxylic acids is 1. The average Bonchev–Trinajstić information content (AvgIpc) is 2.85. The summed E-state index contributed by atoms with van der Waals surface area (Å²) in [6.07, 6.45) is 6.90. The maximum atomic E-state index is 10.5. The summed E-state index contributed by atoms with van der Waals surface area (Å²) in [4.78, 5) is 17.5. The molecule has 0 radical (unpaired) electrons. The molecule has 20 heavy (non-hydrogen) atoms. The van der Waals surface area contributed by atoms with Gasteiger partial charge in [-0.25, -0.2) is 9.78 Å². The number of hydrogen-bond acceptors (Lipinski definition) is 3. The van der Waals surface area contributed by atoms with Gasteiger partial charge in [0.25, 0.3) is 0 Å². The van der Waals surface area contributed by atoms with Gasteiger partial charge in [-0.2, -0.15) is 0 Å². The molecule has 2 heterocycles. The van der Waals surface area contributed by atoms with Crippen LogP contribution in [-0.2, 0) is 4.79 Å². The van der Waals surface area contributed by atoms with Gasteiger partial charge in [-0.3, -0.25) is 0 Å².